The predicted octanol–water partition coefficient (Wildman–Crippen LogP) is 6.37. The van der Waals surface area contributed by atoms with Gasteiger partial charge in [0.05, 0.1) is 18.6 Å². The smallest absolute Gasteiger partial charge is 0.124 e. The number of methoxy groups -OCH3 is 2. The number of benzene rings is 4. The lowest BCUT2D eigenvalue weighted by Gasteiger charge is -2.35. The molecule has 0 radical (unpaired) electrons. The van der Waals surface area contributed by atoms with Crippen molar-refractivity contribution in [3.8, 4) is 22.6 Å². The Morgan fingerprint density at radius 3 is 1.43 bits per heavy atom. The Hall–Kier alpha value is -3.60. The molecule has 0 saturated carbocycles. The summed E-state index contributed by atoms with van der Waals surface area (Å²) in [5.74, 6) is 0.513. The molecule has 0 amide bonds. The highest BCUT2D eigenvalue weighted by atomic mass is 16.5. The molecule has 178 valence electrons. The van der Waals surface area contributed by atoms with E-state index < -0.39 is 5.41 Å². The van der Waals surface area contributed by atoms with E-state index in [2.05, 4.69) is 72.8 Å². The van der Waals surface area contributed by atoms with Crippen molar-refractivity contribution < 1.29 is 19.7 Å². The molecule has 0 bridgehead atoms. The van der Waals surface area contributed by atoms with E-state index in [0.717, 1.165) is 33.4 Å². The molecule has 0 fully saturated rings. The minimum atomic E-state index is -0.644. The van der Waals surface area contributed by atoms with Crippen molar-refractivity contribution >= 4 is 0 Å². The number of rotatable bonds is 6. The van der Waals surface area contributed by atoms with E-state index in [-0.39, 0.29) is 11.5 Å². The fourth-order valence-electron chi connectivity index (χ4n) is 5.69. The average Bonchev–Trinajstić information content (AvgIpc) is 3.16. The molecule has 4 heteroatoms. The van der Waals surface area contributed by atoms with Gasteiger partial charge < -0.3 is 19.7 Å². The van der Waals surface area contributed by atoms with E-state index in [0.29, 0.717) is 13.2 Å². The van der Waals surface area contributed by atoms with Gasteiger partial charge in [0.1, 0.15) is 11.5 Å². The lowest BCUT2D eigenvalue weighted by atomic mass is 9.66. The fourth-order valence-corrected chi connectivity index (χ4v) is 5.69. The van der Waals surface area contributed by atoms with Crippen LogP contribution in [0, 0.1) is 13.8 Å². The van der Waals surface area contributed by atoms with Crippen molar-refractivity contribution in [3.05, 3.63) is 117 Å². The SMILES string of the molecule is COCc1cc(C2(c3cc(C)c(O)c(COC)c3)c3ccccc3-c3ccccc32)cc(C)c1O. The summed E-state index contributed by atoms with van der Waals surface area (Å²) in [5.41, 5.74) is 9.24. The lowest BCUT2D eigenvalue weighted by Crippen LogP contribution is -2.29. The van der Waals surface area contributed by atoms with Gasteiger partial charge in [-0.15, -0.1) is 0 Å². The van der Waals surface area contributed by atoms with Crippen molar-refractivity contribution in [2.24, 2.45) is 0 Å². The molecule has 2 N–H and O–H groups in total. The molecule has 4 aromatic carbocycles. The Bertz CT molecular complexity index is 1310. The molecule has 0 unspecified atom stereocenters. The summed E-state index contributed by atoms with van der Waals surface area (Å²) in [4.78, 5) is 0. The summed E-state index contributed by atoms with van der Waals surface area (Å²) >= 11 is 0. The molecular weight excluding hydrogens is 436 g/mol. The second-order valence-corrected chi connectivity index (χ2v) is 9.31. The first kappa shape index (κ1) is 23.2. The van der Waals surface area contributed by atoms with Crippen LogP contribution in [0.5, 0.6) is 11.5 Å². The quantitative estimate of drug-likeness (QED) is 0.305. The molecular formula is C31H30O4. The summed E-state index contributed by atoms with van der Waals surface area (Å²) < 4.78 is 10.9. The van der Waals surface area contributed by atoms with Crippen LogP contribution >= 0.6 is 0 Å². The molecule has 0 aliphatic heterocycles. The van der Waals surface area contributed by atoms with E-state index in [9.17, 15) is 10.2 Å². The van der Waals surface area contributed by atoms with Crippen LogP contribution in [-0.4, -0.2) is 24.4 Å². The number of aryl methyl sites for hydroxylation is 2. The minimum Gasteiger partial charge on any atom is -0.507 e. The molecule has 0 aromatic heterocycles. The zero-order valence-corrected chi connectivity index (χ0v) is 20.6. The van der Waals surface area contributed by atoms with E-state index in [4.69, 9.17) is 9.47 Å². The normalized spacial score (nSPS) is 13.5. The van der Waals surface area contributed by atoms with Gasteiger partial charge in [0, 0.05) is 25.3 Å². The molecule has 4 nitrogen and oxygen atoms in total. The molecule has 4 aromatic rings. The third kappa shape index (κ3) is 3.44. The largest absolute Gasteiger partial charge is 0.507 e. The molecule has 0 atom stereocenters. The Morgan fingerprint density at radius 2 is 1.03 bits per heavy atom. The van der Waals surface area contributed by atoms with E-state index in [1.54, 1.807) is 14.2 Å². The van der Waals surface area contributed by atoms with Crippen molar-refractivity contribution in [2.75, 3.05) is 14.2 Å². The van der Waals surface area contributed by atoms with Crippen LogP contribution in [-0.2, 0) is 28.1 Å². The monoisotopic (exact) mass is 466 g/mol. The lowest BCUT2D eigenvalue weighted by molar-refractivity contribution is 0.181. The maximum atomic E-state index is 10.8. The van der Waals surface area contributed by atoms with Gasteiger partial charge in [0.15, 0.2) is 0 Å². The third-order valence-corrected chi connectivity index (χ3v) is 7.18. The summed E-state index contributed by atoms with van der Waals surface area (Å²) in [7, 11) is 3.27. The number of hydrogen-bond acceptors (Lipinski definition) is 4. The van der Waals surface area contributed by atoms with Crippen molar-refractivity contribution in [1.29, 1.82) is 0 Å². The van der Waals surface area contributed by atoms with Gasteiger partial charge >= 0.3 is 0 Å². The number of hydrogen-bond donors (Lipinski definition) is 2. The number of phenols is 2. The zero-order chi connectivity index (χ0) is 24.7. The van der Waals surface area contributed by atoms with Crippen molar-refractivity contribution in [3.63, 3.8) is 0 Å². The molecule has 0 heterocycles. The van der Waals surface area contributed by atoms with Gasteiger partial charge in [-0.05, 0) is 70.5 Å². The van der Waals surface area contributed by atoms with E-state index in [1.165, 1.54) is 22.3 Å². The second-order valence-electron chi connectivity index (χ2n) is 9.31. The van der Waals surface area contributed by atoms with Gasteiger partial charge in [-0.1, -0.05) is 60.7 Å². The Morgan fingerprint density at radius 1 is 0.629 bits per heavy atom. The third-order valence-electron chi connectivity index (χ3n) is 7.18. The topological polar surface area (TPSA) is 58.9 Å². The minimum absolute atomic E-state index is 0.257. The van der Waals surface area contributed by atoms with Gasteiger partial charge in [-0.3, -0.25) is 0 Å². The number of phenolic OH excluding ortho intramolecular Hbond substituents is 2. The highest BCUT2D eigenvalue weighted by Gasteiger charge is 2.46. The Labute approximate surface area is 206 Å². The first-order chi connectivity index (χ1) is 16.9. The molecule has 1 aliphatic rings. The molecule has 1 aliphatic carbocycles. The van der Waals surface area contributed by atoms with E-state index >= 15 is 0 Å². The highest BCUT2D eigenvalue weighted by molar-refractivity contribution is 5.86. The van der Waals surface area contributed by atoms with Crippen LogP contribution < -0.4 is 0 Å². The van der Waals surface area contributed by atoms with Crippen LogP contribution in [0.4, 0.5) is 0 Å². The Kier molecular flexibility index (Phi) is 5.87. The number of aromatic hydroxyl groups is 2. The maximum Gasteiger partial charge on any atom is 0.124 e. The molecule has 0 spiro atoms. The predicted molar refractivity (Wildman–Crippen MR) is 138 cm³/mol. The van der Waals surface area contributed by atoms with Gasteiger partial charge in [0.2, 0.25) is 0 Å². The standard InChI is InChI=1S/C31H30O4/c1-19-13-23(15-21(17-34-3)29(19)32)31(24-14-20(2)30(33)22(16-24)18-35-4)27-11-7-5-9-25(27)26-10-6-8-12-28(26)31/h5-16,32-33H,17-18H2,1-4H3. The molecule has 5 rings (SSSR count). The van der Waals surface area contributed by atoms with Gasteiger partial charge in [0.25, 0.3) is 0 Å². The fraction of sp³-hybridized carbons (Fsp3) is 0.226. The second kappa shape index (κ2) is 8.88. The van der Waals surface area contributed by atoms with Crippen molar-refractivity contribution in [2.45, 2.75) is 32.5 Å². The van der Waals surface area contributed by atoms with Crippen LogP contribution in [0.3, 0.4) is 0 Å². The number of ether oxygens (including phenoxy) is 2. The maximum absolute atomic E-state index is 10.8. The summed E-state index contributed by atoms with van der Waals surface area (Å²) in [5, 5.41) is 21.6. The summed E-state index contributed by atoms with van der Waals surface area (Å²) in [6, 6.07) is 25.3. The van der Waals surface area contributed by atoms with Gasteiger partial charge in [-0.2, -0.15) is 0 Å². The van der Waals surface area contributed by atoms with Crippen LogP contribution in [0.2, 0.25) is 0 Å². The first-order valence-corrected chi connectivity index (χ1v) is 11.8. The van der Waals surface area contributed by atoms with Gasteiger partial charge in [-0.25, -0.2) is 0 Å². The average molecular weight is 467 g/mol. The summed E-state index contributed by atoms with van der Waals surface area (Å²) in [6.07, 6.45) is 0. The zero-order valence-electron chi connectivity index (χ0n) is 20.6. The first-order valence-electron chi connectivity index (χ1n) is 11.8. The summed E-state index contributed by atoms with van der Waals surface area (Å²) in [6.45, 7) is 4.47. The molecule has 35 heavy (non-hydrogen) atoms. The Balaban J connectivity index is 1.95. The highest BCUT2D eigenvalue weighted by Crippen LogP contribution is 2.57. The van der Waals surface area contributed by atoms with Crippen LogP contribution in [0.1, 0.15) is 44.5 Å². The number of fused-ring (bicyclic) bond motifs is 3. The van der Waals surface area contributed by atoms with Crippen LogP contribution in [0.15, 0.2) is 72.8 Å². The van der Waals surface area contributed by atoms with Crippen molar-refractivity contribution in [1.82, 2.24) is 0 Å². The van der Waals surface area contributed by atoms with Crippen LogP contribution in [0.25, 0.3) is 11.1 Å². The molecule has 0 saturated heterocycles. The van der Waals surface area contributed by atoms with E-state index in [1.807, 2.05) is 13.8 Å².